The highest BCUT2D eigenvalue weighted by molar-refractivity contribution is 7.80. The van der Waals surface area contributed by atoms with Gasteiger partial charge in [0.25, 0.3) is 0 Å². The number of ether oxygens (including phenoxy) is 5. The Labute approximate surface area is 172 Å². The average molecular weight is 446 g/mol. The summed E-state index contributed by atoms with van der Waals surface area (Å²) in [6.45, 7) is -0.610. The van der Waals surface area contributed by atoms with Crippen molar-refractivity contribution in [2.75, 3.05) is 38.8 Å². The van der Waals surface area contributed by atoms with Crippen LogP contribution < -0.4 is 0 Å². The fourth-order valence-corrected chi connectivity index (χ4v) is 3.21. The summed E-state index contributed by atoms with van der Waals surface area (Å²) in [5.41, 5.74) is 0. The lowest BCUT2D eigenvalue weighted by Gasteiger charge is -2.45. The van der Waals surface area contributed by atoms with Gasteiger partial charge in [0, 0.05) is 5.75 Å². The van der Waals surface area contributed by atoms with Crippen molar-refractivity contribution in [2.24, 2.45) is 0 Å². The first-order chi connectivity index (χ1) is 13.8. The van der Waals surface area contributed by atoms with Gasteiger partial charge in [-0.2, -0.15) is 12.6 Å². The zero-order chi connectivity index (χ0) is 21.6. The van der Waals surface area contributed by atoms with Crippen molar-refractivity contribution in [1.82, 2.24) is 0 Å². The summed E-state index contributed by atoms with van der Waals surface area (Å²) < 4.78 is 26.6. The summed E-state index contributed by atoms with van der Waals surface area (Å²) in [5, 5.41) is 69.2. The van der Waals surface area contributed by atoms with Crippen molar-refractivity contribution >= 4 is 12.6 Å². The van der Waals surface area contributed by atoms with Crippen LogP contribution in [0.4, 0.5) is 0 Å². The van der Waals surface area contributed by atoms with E-state index < -0.39 is 74.6 Å². The number of thiol groups is 1. The van der Waals surface area contributed by atoms with Gasteiger partial charge in [0.15, 0.2) is 12.6 Å². The van der Waals surface area contributed by atoms with Crippen molar-refractivity contribution in [3.05, 3.63) is 0 Å². The molecule has 2 aliphatic rings. The molecule has 29 heavy (non-hydrogen) atoms. The van der Waals surface area contributed by atoms with E-state index in [1.165, 1.54) is 0 Å². The highest BCUT2D eigenvalue weighted by Crippen LogP contribution is 2.29. The van der Waals surface area contributed by atoms with Crippen LogP contribution in [-0.4, -0.2) is 136 Å². The number of hydrogen-bond donors (Lipinski definition) is 8. The third-order valence-electron chi connectivity index (χ3n) is 4.71. The van der Waals surface area contributed by atoms with Crippen LogP contribution in [0.1, 0.15) is 0 Å². The maximum absolute atomic E-state index is 10.4. The van der Waals surface area contributed by atoms with Gasteiger partial charge in [-0.1, -0.05) is 0 Å². The van der Waals surface area contributed by atoms with Crippen molar-refractivity contribution in [3.8, 4) is 0 Å². The van der Waals surface area contributed by atoms with Crippen LogP contribution in [0.5, 0.6) is 0 Å². The second-order valence-electron chi connectivity index (χ2n) is 6.71. The fraction of sp³-hybridized carbons (Fsp3) is 1.00. The second-order valence-corrected chi connectivity index (χ2v) is 7.16. The Kier molecular flexibility index (Phi) is 10.4. The first-order valence-corrected chi connectivity index (χ1v) is 9.87. The molecule has 0 bridgehead atoms. The van der Waals surface area contributed by atoms with Crippen molar-refractivity contribution < 1.29 is 59.4 Å². The maximum atomic E-state index is 10.4. The van der Waals surface area contributed by atoms with Gasteiger partial charge < -0.3 is 59.4 Å². The van der Waals surface area contributed by atoms with Crippen LogP contribution in [0.3, 0.4) is 0 Å². The third kappa shape index (κ3) is 6.20. The van der Waals surface area contributed by atoms with Gasteiger partial charge in [0.05, 0.1) is 33.0 Å². The largest absolute Gasteiger partial charge is 0.394 e. The molecule has 0 unspecified atom stereocenters. The summed E-state index contributed by atoms with van der Waals surface area (Å²) in [4.78, 5) is 0. The molecule has 2 aliphatic heterocycles. The molecule has 0 amide bonds. The molecular weight excluding hydrogens is 416 g/mol. The Morgan fingerprint density at radius 3 is 1.93 bits per heavy atom. The molecule has 0 aromatic heterocycles. The topological polar surface area (TPSA) is 188 Å². The number of hydrogen-bond acceptors (Lipinski definition) is 13. The van der Waals surface area contributed by atoms with Gasteiger partial charge in [-0.05, 0) is 0 Å². The molecule has 10 atom stereocenters. The molecule has 0 aromatic carbocycles. The molecule has 2 saturated heterocycles. The Balaban J connectivity index is 1.98. The normalized spacial score (nSPS) is 43.4. The van der Waals surface area contributed by atoms with Crippen LogP contribution in [0.2, 0.25) is 0 Å². The lowest BCUT2D eigenvalue weighted by atomic mass is 9.97. The van der Waals surface area contributed by atoms with Crippen molar-refractivity contribution in [2.45, 2.75) is 61.4 Å². The quantitative estimate of drug-likeness (QED) is 0.119. The summed E-state index contributed by atoms with van der Waals surface area (Å²) in [5.74, 6) is 0.533. The van der Waals surface area contributed by atoms with Gasteiger partial charge in [-0.15, -0.1) is 0 Å². The van der Waals surface area contributed by atoms with E-state index in [2.05, 4.69) is 12.6 Å². The standard InChI is InChI=1S/C16H30O12S/c17-5-7-9(19)10(20)12(22)16(26-7)28-14-8(6-18)27-15(13(23)11(14)21)25-2-1-24-3-4-29/h7-23,29H,1-6H2/t7-,8-,9+,10+,11-,12-,13-,14-,15-,16+/m1/s1. The molecule has 2 fully saturated rings. The fourth-order valence-electron chi connectivity index (χ4n) is 3.08. The highest BCUT2D eigenvalue weighted by atomic mass is 32.1. The molecule has 0 aliphatic carbocycles. The van der Waals surface area contributed by atoms with Crippen LogP contribution in [0.25, 0.3) is 0 Å². The minimum absolute atomic E-state index is 0.0542. The van der Waals surface area contributed by atoms with Crippen LogP contribution in [-0.2, 0) is 23.7 Å². The Hall–Kier alpha value is -0.130. The summed E-state index contributed by atoms with van der Waals surface area (Å²) in [6, 6.07) is 0. The Bertz CT molecular complexity index is 469. The molecule has 172 valence electrons. The molecular formula is C16H30O12S. The van der Waals surface area contributed by atoms with Gasteiger partial charge in [0.2, 0.25) is 0 Å². The van der Waals surface area contributed by atoms with E-state index in [1.54, 1.807) is 0 Å². The molecule has 7 N–H and O–H groups in total. The molecule has 0 saturated carbocycles. The third-order valence-corrected chi connectivity index (χ3v) is 4.89. The monoisotopic (exact) mass is 446 g/mol. The van der Waals surface area contributed by atoms with Gasteiger partial charge in [0.1, 0.15) is 48.8 Å². The van der Waals surface area contributed by atoms with Crippen molar-refractivity contribution in [3.63, 3.8) is 0 Å². The zero-order valence-corrected chi connectivity index (χ0v) is 16.5. The van der Waals surface area contributed by atoms with Crippen LogP contribution >= 0.6 is 12.6 Å². The zero-order valence-electron chi connectivity index (χ0n) is 15.6. The minimum atomic E-state index is -1.71. The minimum Gasteiger partial charge on any atom is -0.394 e. The van der Waals surface area contributed by atoms with E-state index in [0.29, 0.717) is 12.4 Å². The van der Waals surface area contributed by atoms with Gasteiger partial charge in [-0.25, -0.2) is 0 Å². The lowest BCUT2D eigenvalue weighted by Crippen LogP contribution is -2.64. The number of rotatable bonds is 10. The Morgan fingerprint density at radius 2 is 1.31 bits per heavy atom. The average Bonchev–Trinajstić information content (AvgIpc) is 2.72. The first kappa shape index (κ1) is 25.1. The van der Waals surface area contributed by atoms with Crippen LogP contribution in [0.15, 0.2) is 0 Å². The summed E-state index contributed by atoms with van der Waals surface area (Å²) in [7, 11) is 0. The smallest absolute Gasteiger partial charge is 0.187 e. The van der Waals surface area contributed by atoms with Crippen LogP contribution in [0, 0.1) is 0 Å². The first-order valence-electron chi connectivity index (χ1n) is 9.24. The predicted molar refractivity (Wildman–Crippen MR) is 97.0 cm³/mol. The highest BCUT2D eigenvalue weighted by Gasteiger charge is 2.50. The van der Waals surface area contributed by atoms with E-state index in [1.807, 2.05) is 0 Å². The number of aliphatic hydroxyl groups is 7. The molecule has 0 spiro atoms. The SMILES string of the molecule is OC[C@H]1O[C@@H](O[C@H]2[C@H](O)[C@@H](O)[C@H](OCCOCCS)O[C@@H]2CO)[C@H](O)[C@@H](O)[C@H]1O. The van der Waals surface area contributed by atoms with E-state index in [4.69, 9.17) is 23.7 Å². The summed E-state index contributed by atoms with van der Waals surface area (Å²) >= 11 is 3.99. The van der Waals surface area contributed by atoms with E-state index >= 15 is 0 Å². The molecule has 13 heteroatoms. The maximum Gasteiger partial charge on any atom is 0.187 e. The summed E-state index contributed by atoms with van der Waals surface area (Å²) in [6.07, 6.45) is -14.7. The van der Waals surface area contributed by atoms with E-state index in [9.17, 15) is 35.7 Å². The van der Waals surface area contributed by atoms with Gasteiger partial charge >= 0.3 is 0 Å². The second kappa shape index (κ2) is 12.0. The Morgan fingerprint density at radius 1 is 0.690 bits per heavy atom. The van der Waals surface area contributed by atoms with Crippen molar-refractivity contribution in [1.29, 1.82) is 0 Å². The molecule has 12 nitrogen and oxygen atoms in total. The van der Waals surface area contributed by atoms with Gasteiger partial charge in [-0.3, -0.25) is 0 Å². The lowest BCUT2D eigenvalue weighted by molar-refractivity contribution is -0.359. The number of aliphatic hydroxyl groups excluding tert-OH is 7. The van der Waals surface area contributed by atoms with E-state index in [0.717, 1.165) is 0 Å². The molecule has 2 rings (SSSR count). The van der Waals surface area contributed by atoms with E-state index in [-0.39, 0.29) is 13.2 Å². The molecule has 0 radical (unpaired) electrons. The molecule has 0 aromatic rings. The molecule has 2 heterocycles. The predicted octanol–water partition coefficient (Wildman–Crippen LogP) is -4.43.